The van der Waals surface area contributed by atoms with E-state index in [9.17, 15) is 24.3 Å². The van der Waals surface area contributed by atoms with E-state index in [1.807, 2.05) is 51.3 Å². The number of Topliss-reactive ketones (excluding diaryl/α,β-unsaturated/α-hetero) is 1. The molecule has 3 aromatic rings. The number of halogens is 2. The molecule has 1 N–H and O–H groups in total. The zero-order chi connectivity index (χ0) is 26.9. The average molecular weight is 735 g/mol. The fourth-order valence-electron chi connectivity index (χ4n) is 5.56. The average Bonchev–Trinajstić information content (AvgIpc) is 3.17. The summed E-state index contributed by atoms with van der Waals surface area (Å²) in [5, 5.41) is 10.5. The Hall–Kier alpha value is -3.20. The van der Waals surface area contributed by atoms with Crippen molar-refractivity contribution in [3.8, 4) is 17.2 Å². The number of aromatic nitrogens is 3. The van der Waals surface area contributed by atoms with Gasteiger partial charge in [0.05, 0.1) is 32.5 Å². The molecule has 0 amide bonds. The molecule has 1 aromatic heterocycles. The van der Waals surface area contributed by atoms with Gasteiger partial charge in [-0.05, 0) is 80.6 Å². The molecule has 2 atom stereocenters. The highest BCUT2D eigenvalue weighted by Crippen LogP contribution is 2.51. The molecular weight excluding hydrogens is 716 g/mol. The van der Waals surface area contributed by atoms with Crippen molar-refractivity contribution in [1.29, 1.82) is 0 Å². The van der Waals surface area contributed by atoms with Gasteiger partial charge in [0.15, 0.2) is 23.1 Å². The zero-order valence-corrected chi connectivity index (χ0v) is 24.2. The number of hydrogen-bond acceptors (Lipinski definition) is 6. The predicted octanol–water partition coefficient (Wildman–Crippen LogP) is 3.56. The number of phenolic OH excluding ortho intramolecular Hbond substituents is 1. The fraction of sp³-hybridized carbons (Fsp3) is 0.185. The third-order valence-corrected chi connectivity index (χ3v) is 8.84. The number of ketones is 2. The summed E-state index contributed by atoms with van der Waals surface area (Å²) in [7, 11) is 1.44. The monoisotopic (exact) mass is 735 g/mol. The molecule has 3 aliphatic rings. The van der Waals surface area contributed by atoms with Gasteiger partial charge in [-0.3, -0.25) is 9.59 Å². The van der Waals surface area contributed by atoms with E-state index >= 15 is 0 Å². The van der Waals surface area contributed by atoms with Crippen LogP contribution in [0.4, 0.5) is 0 Å². The minimum atomic E-state index is -0.669. The van der Waals surface area contributed by atoms with E-state index in [4.69, 9.17) is 4.74 Å². The SMILES string of the molecule is COc1cc(C2C3=CCn4c(=O)n(-c5ccccc5)c(=O)n4C3CC3=C2C(=O)C(I)=CC3=O)cc(I)c1O. The van der Waals surface area contributed by atoms with Crippen LogP contribution < -0.4 is 16.1 Å². The van der Waals surface area contributed by atoms with E-state index in [2.05, 4.69) is 0 Å². The van der Waals surface area contributed by atoms with Gasteiger partial charge in [0.2, 0.25) is 0 Å². The van der Waals surface area contributed by atoms with Crippen LogP contribution in [-0.2, 0) is 16.1 Å². The lowest BCUT2D eigenvalue weighted by molar-refractivity contribution is -0.115. The van der Waals surface area contributed by atoms with Crippen LogP contribution in [0.3, 0.4) is 0 Å². The second-order valence-corrected chi connectivity index (χ2v) is 11.5. The first-order valence-corrected chi connectivity index (χ1v) is 13.8. The van der Waals surface area contributed by atoms with Crippen LogP contribution >= 0.6 is 45.2 Å². The minimum absolute atomic E-state index is 0.0263. The molecule has 2 aliphatic carbocycles. The molecule has 11 heteroatoms. The highest BCUT2D eigenvalue weighted by molar-refractivity contribution is 14.1. The summed E-state index contributed by atoms with van der Waals surface area (Å²) in [4.78, 5) is 53.8. The summed E-state index contributed by atoms with van der Waals surface area (Å²) in [6.07, 6.45) is 3.29. The van der Waals surface area contributed by atoms with Crippen LogP contribution in [0.1, 0.15) is 23.9 Å². The van der Waals surface area contributed by atoms with Crippen LogP contribution in [0.25, 0.3) is 5.69 Å². The third-order valence-electron chi connectivity index (χ3n) is 7.22. The molecule has 192 valence electrons. The summed E-state index contributed by atoms with van der Waals surface area (Å²) < 4.78 is 10.1. The number of nitrogens with zero attached hydrogens (tertiary/aromatic N) is 3. The van der Waals surface area contributed by atoms with Gasteiger partial charge in [0.25, 0.3) is 0 Å². The van der Waals surface area contributed by atoms with Crippen molar-refractivity contribution in [3.05, 3.63) is 105 Å². The lowest BCUT2D eigenvalue weighted by Gasteiger charge is -2.39. The van der Waals surface area contributed by atoms with Crippen LogP contribution in [0.5, 0.6) is 11.5 Å². The van der Waals surface area contributed by atoms with E-state index in [-0.39, 0.29) is 36.0 Å². The topological polar surface area (TPSA) is 113 Å². The number of carbonyl (C=O) groups is 2. The zero-order valence-electron chi connectivity index (χ0n) is 19.9. The number of carbonyl (C=O) groups excluding carboxylic acids is 2. The van der Waals surface area contributed by atoms with E-state index < -0.39 is 23.3 Å². The van der Waals surface area contributed by atoms with Crippen molar-refractivity contribution in [2.45, 2.75) is 24.9 Å². The van der Waals surface area contributed by atoms with E-state index in [1.165, 1.54) is 22.5 Å². The number of phenols is 1. The molecule has 2 unspecified atom stereocenters. The first-order chi connectivity index (χ1) is 18.2. The number of allylic oxidation sites excluding steroid dienone is 6. The van der Waals surface area contributed by atoms with E-state index in [1.54, 1.807) is 42.5 Å². The Morgan fingerprint density at radius 1 is 1.03 bits per heavy atom. The molecule has 0 saturated carbocycles. The molecule has 1 aliphatic heterocycles. The Bertz CT molecular complexity index is 1770. The Kier molecular flexibility index (Phi) is 6.09. The van der Waals surface area contributed by atoms with Crippen molar-refractivity contribution in [2.75, 3.05) is 7.11 Å². The Labute approximate surface area is 243 Å². The van der Waals surface area contributed by atoms with Crippen LogP contribution in [-0.4, -0.2) is 37.7 Å². The lowest BCUT2D eigenvalue weighted by Crippen LogP contribution is -2.40. The summed E-state index contributed by atoms with van der Waals surface area (Å²) >= 11 is 3.87. The lowest BCUT2D eigenvalue weighted by atomic mass is 9.69. The molecule has 0 fully saturated rings. The first kappa shape index (κ1) is 25.1. The number of para-hydroxylation sites is 1. The quantitative estimate of drug-likeness (QED) is 0.251. The summed E-state index contributed by atoms with van der Waals surface area (Å²) in [5.74, 6) is -0.997. The molecule has 0 bridgehead atoms. The summed E-state index contributed by atoms with van der Waals surface area (Å²) in [6, 6.07) is 11.4. The maximum Gasteiger partial charge on any atom is 0.352 e. The third kappa shape index (κ3) is 3.61. The fourth-order valence-corrected chi connectivity index (χ4v) is 6.76. The Balaban J connectivity index is 1.61. The van der Waals surface area contributed by atoms with Gasteiger partial charge in [-0.1, -0.05) is 24.3 Å². The first-order valence-electron chi connectivity index (χ1n) is 11.7. The van der Waals surface area contributed by atoms with E-state index in [0.717, 1.165) is 10.1 Å². The minimum Gasteiger partial charge on any atom is -0.504 e. The number of ether oxygens (including phenoxy) is 1. The Morgan fingerprint density at radius 2 is 1.76 bits per heavy atom. The summed E-state index contributed by atoms with van der Waals surface area (Å²) in [5.41, 5.74) is 1.53. The van der Waals surface area contributed by atoms with Crippen LogP contribution in [0.15, 0.2) is 84.5 Å². The van der Waals surface area contributed by atoms with Gasteiger partial charge in [0, 0.05) is 29.6 Å². The highest BCUT2D eigenvalue weighted by atomic mass is 127. The summed E-state index contributed by atoms with van der Waals surface area (Å²) in [6.45, 7) is 0.125. The number of fused-ring (bicyclic) bond motifs is 3. The standard InChI is InChI=1S/C27H19I2N3O6/c1-38-21-10-13(9-17(28)24(21)34)22-15-7-8-30-26(36)31(14-5-3-2-4-6-14)27(37)32(30)19(15)11-16-20(33)12-18(29)25(35)23(16)22/h2-7,9-10,12,19,22,34H,8,11H2,1H3. The van der Waals surface area contributed by atoms with E-state index in [0.29, 0.717) is 29.5 Å². The van der Waals surface area contributed by atoms with Gasteiger partial charge in [-0.25, -0.2) is 23.5 Å². The van der Waals surface area contributed by atoms with Crippen LogP contribution in [0.2, 0.25) is 0 Å². The largest absolute Gasteiger partial charge is 0.504 e. The maximum atomic E-state index is 13.7. The molecule has 2 heterocycles. The maximum absolute atomic E-state index is 13.7. The second kappa shape index (κ2) is 9.22. The van der Waals surface area contributed by atoms with Gasteiger partial charge in [0.1, 0.15) is 0 Å². The number of methoxy groups -OCH3 is 1. The van der Waals surface area contributed by atoms with Gasteiger partial charge in [-0.2, -0.15) is 0 Å². The highest BCUT2D eigenvalue weighted by Gasteiger charge is 2.45. The number of hydrogen-bond donors (Lipinski definition) is 1. The van der Waals surface area contributed by atoms with Gasteiger partial charge < -0.3 is 9.84 Å². The van der Waals surface area contributed by atoms with Crippen molar-refractivity contribution in [3.63, 3.8) is 0 Å². The molecule has 6 rings (SSSR count). The predicted molar refractivity (Wildman–Crippen MR) is 155 cm³/mol. The second-order valence-electron chi connectivity index (χ2n) is 9.15. The number of benzene rings is 2. The normalized spacial score (nSPS) is 20.4. The molecule has 38 heavy (non-hydrogen) atoms. The van der Waals surface area contributed by atoms with Crippen molar-refractivity contribution in [1.82, 2.24) is 13.9 Å². The molecule has 0 radical (unpaired) electrons. The van der Waals surface area contributed by atoms with Gasteiger partial charge in [-0.15, -0.1) is 0 Å². The number of rotatable bonds is 3. The molecule has 2 aromatic carbocycles. The smallest absolute Gasteiger partial charge is 0.352 e. The molecule has 9 nitrogen and oxygen atoms in total. The van der Waals surface area contributed by atoms with Gasteiger partial charge >= 0.3 is 11.4 Å². The molecule has 0 spiro atoms. The van der Waals surface area contributed by atoms with Crippen molar-refractivity contribution < 1.29 is 19.4 Å². The van der Waals surface area contributed by atoms with Crippen LogP contribution in [0, 0.1) is 3.57 Å². The number of aromatic hydroxyl groups is 1. The van der Waals surface area contributed by atoms with Crippen molar-refractivity contribution >= 4 is 56.7 Å². The molecule has 0 saturated heterocycles. The molecular formula is C27H19I2N3O6. The Morgan fingerprint density at radius 3 is 2.47 bits per heavy atom. The van der Waals surface area contributed by atoms with Crippen molar-refractivity contribution in [2.24, 2.45) is 0 Å².